The molecule has 4 N–H and O–H groups in total. The lowest BCUT2D eigenvalue weighted by Gasteiger charge is -2.28. The smallest absolute Gasteiger partial charge is 0.239 e. The molecule has 17 heavy (non-hydrogen) atoms. The highest BCUT2D eigenvalue weighted by Gasteiger charge is 2.17. The minimum atomic E-state index is -0.306. The Labute approximate surface area is 102 Å². The number of carbonyl (C=O) groups is 2. The molecule has 1 saturated heterocycles. The molecule has 0 aromatic carbocycles. The number of nitrogens with zero attached hydrogens (tertiary/aromatic N) is 1. The Morgan fingerprint density at radius 1 is 1.24 bits per heavy atom. The topological polar surface area (TPSA) is 87.5 Å². The first-order valence-corrected chi connectivity index (χ1v) is 6.04. The lowest BCUT2D eigenvalue weighted by atomic mass is 9.97. The van der Waals surface area contributed by atoms with Gasteiger partial charge in [0, 0.05) is 6.54 Å². The number of nitrogens with one attached hydrogen (secondary N) is 2. The molecule has 1 fully saturated rings. The van der Waals surface area contributed by atoms with Crippen LogP contribution in [0.5, 0.6) is 0 Å². The molecule has 0 spiro atoms. The van der Waals surface area contributed by atoms with Crippen LogP contribution in [0.15, 0.2) is 0 Å². The highest BCUT2D eigenvalue weighted by Crippen LogP contribution is 2.14. The predicted molar refractivity (Wildman–Crippen MR) is 65.3 cm³/mol. The molecule has 0 bridgehead atoms. The van der Waals surface area contributed by atoms with Gasteiger partial charge in [-0.15, -0.1) is 0 Å². The second-order valence-electron chi connectivity index (χ2n) is 4.53. The van der Waals surface area contributed by atoms with Crippen molar-refractivity contribution in [1.29, 1.82) is 0 Å². The summed E-state index contributed by atoms with van der Waals surface area (Å²) >= 11 is 0. The first-order chi connectivity index (χ1) is 8.11. The summed E-state index contributed by atoms with van der Waals surface area (Å²) in [6, 6.07) is 0. The van der Waals surface area contributed by atoms with Gasteiger partial charge < -0.3 is 21.3 Å². The number of piperidine rings is 1. The van der Waals surface area contributed by atoms with E-state index in [0.29, 0.717) is 12.5 Å². The van der Waals surface area contributed by atoms with Gasteiger partial charge in [0.05, 0.1) is 13.1 Å². The third-order valence-electron chi connectivity index (χ3n) is 3.06. The van der Waals surface area contributed by atoms with Crippen LogP contribution in [0, 0.1) is 5.92 Å². The fourth-order valence-electron chi connectivity index (χ4n) is 1.84. The van der Waals surface area contributed by atoms with E-state index in [2.05, 4.69) is 22.6 Å². The number of likely N-dealkylation sites (tertiary alicyclic amines) is 1. The number of rotatable bonds is 5. The summed E-state index contributed by atoms with van der Waals surface area (Å²) in [6.45, 7) is 2.81. The van der Waals surface area contributed by atoms with Crippen molar-refractivity contribution in [2.45, 2.75) is 12.8 Å². The Hall–Kier alpha value is -1.14. The molecule has 0 aromatic heterocycles. The van der Waals surface area contributed by atoms with E-state index in [1.54, 1.807) is 0 Å². The highest BCUT2D eigenvalue weighted by atomic mass is 16.2. The molecular formula is C11H22N4O2. The maximum Gasteiger partial charge on any atom is 0.239 e. The molecule has 98 valence electrons. The lowest BCUT2D eigenvalue weighted by molar-refractivity contribution is -0.125. The summed E-state index contributed by atoms with van der Waals surface area (Å²) in [5.74, 6) is 0.102. The number of carbonyl (C=O) groups excluding carboxylic acids is 2. The Morgan fingerprint density at radius 2 is 1.88 bits per heavy atom. The average molecular weight is 242 g/mol. The van der Waals surface area contributed by atoms with Crippen molar-refractivity contribution < 1.29 is 9.59 Å². The third-order valence-corrected chi connectivity index (χ3v) is 3.06. The van der Waals surface area contributed by atoms with E-state index in [9.17, 15) is 9.59 Å². The summed E-state index contributed by atoms with van der Waals surface area (Å²) < 4.78 is 0. The normalized spacial score (nSPS) is 17.8. The fourth-order valence-corrected chi connectivity index (χ4v) is 1.84. The minimum absolute atomic E-state index is 0.0165. The lowest BCUT2D eigenvalue weighted by Crippen LogP contribution is -2.42. The molecule has 6 heteroatoms. The van der Waals surface area contributed by atoms with Gasteiger partial charge in [0.25, 0.3) is 0 Å². The molecule has 6 nitrogen and oxygen atoms in total. The van der Waals surface area contributed by atoms with Gasteiger partial charge in [-0.05, 0) is 38.9 Å². The average Bonchev–Trinajstić information content (AvgIpc) is 2.35. The number of amides is 2. The van der Waals surface area contributed by atoms with Crippen molar-refractivity contribution in [3.05, 3.63) is 0 Å². The molecule has 0 unspecified atom stereocenters. The molecule has 1 rings (SSSR count). The van der Waals surface area contributed by atoms with Crippen molar-refractivity contribution in [3.63, 3.8) is 0 Å². The monoisotopic (exact) mass is 242 g/mol. The van der Waals surface area contributed by atoms with Crippen LogP contribution < -0.4 is 16.4 Å². The van der Waals surface area contributed by atoms with Crippen LogP contribution in [0.3, 0.4) is 0 Å². The Bertz CT molecular complexity index is 262. The van der Waals surface area contributed by atoms with Crippen molar-refractivity contribution in [3.8, 4) is 0 Å². The van der Waals surface area contributed by atoms with Crippen molar-refractivity contribution >= 4 is 11.8 Å². The van der Waals surface area contributed by atoms with E-state index >= 15 is 0 Å². The first kappa shape index (κ1) is 13.9. The van der Waals surface area contributed by atoms with Gasteiger partial charge in [0.2, 0.25) is 11.8 Å². The maximum absolute atomic E-state index is 11.4. The fraction of sp³-hybridized carbons (Fsp3) is 0.818. The first-order valence-electron chi connectivity index (χ1n) is 6.04. The van der Waals surface area contributed by atoms with E-state index in [1.807, 2.05) is 0 Å². The molecule has 1 aliphatic heterocycles. The van der Waals surface area contributed by atoms with Gasteiger partial charge >= 0.3 is 0 Å². The van der Waals surface area contributed by atoms with Crippen LogP contribution >= 0.6 is 0 Å². The van der Waals surface area contributed by atoms with Gasteiger partial charge in [-0.25, -0.2) is 0 Å². The molecule has 0 saturated carbocycles. The largest absolute Gasteiger partial charge is 0.354 e. The van der Waals surface area contributed by atoms with E-state index in [4.69, 9.17) is 5.73 Å². The van der Waals surface area contributed by atoms with Crippen LogP contribution in [0.1, 0.15) is 12.8 Å². The molecule has 0 atom stereocenters. The zero-order chi connectivity index (χ0) is 12.7. The zero-order valence-electron chi connectivity index (χ0n) is 10.4. The van der Waals surface area contributed by atoms with Gasteiger partial charge in [0.1, 0.15) is 0 Å². The van der Waals surface area contributed by atoms with E-state index in [0.717, 1.165) is 25.9 Å². The van der Waals surface area contributed by atoms with Gasteiger partial charge in [-0.2, -0.15) is 0 Å². The number of nitrogens with two attached hydrogens (primary N) is 1. The van der Waals surface area contributed by atoms with Gasteiger partial charge in [0.15, 0.2) is 0 Å². The summed E-state index contributed by atoms with van der Waals surface area (Å²) in [6.07, 6.45) is 2.23. The van der Waals surface area contributed by atoms with Gasteiger partial charge in [-0.3, -0.25) is 9.59 Å². The molecule has 1 heterocycles. The van der Waals surface area contributed by atoms with E-state index in [1.165, 1.54) is 0 Å². The third kappa shape index (κ3) is 5.65. The van der Waals surface area contributed by atoms with Crippen LogP contribution in [0.4, 0.5) is 0 Å². The summed E-state index contributed by atoms with van der Waals surface area (Å²) in [5.41, 5.74) is 5.11. The van der Waals surface area contributed by atoms with Crippen LogP contribution in [0.2, 0.25) is 0 Å². The van der Waals surface area contributed by atoms with Crippen molar-refractivity contribution in [2.75, 3.05) is 39.8 Å². The SMILES string of the molecule is CN1CCC(CNC(=O)CNC(=O)CN)CC1. The van der Waals surface area contributed by atoms with E-state index in [-0.39, 0.29) is 24.9 Å². The summed E-state index contributed by atoms with van der Waals surface area (Å²) in [4.78, 5) is 24.5. The quantitative estimate of drug-likeness (QED) is 0.548. The Balaban J connectivity index is 2.09. The second kappa shape index (κ2) is 7.24. The summed E-state index contributed by atoms with van der Waals surface area (Å²) in [5, 5.41) is 5.28. The molecule has 2 amide bonds. The summed E-state index contributed by atoms with van der Waals surface area (Å²) in [7, 11) is 2.11. The standard InChI is InChI=1S/C11H22N4O2/c1-15-4-2-9(3-5-15)7-13-11(17)8-14-10(16)6-12/h9H,2-8,12H2,1H3,(H,13,17)(H,14,16). The van der Waals surface area contributed by atoms with Crippen LogP contribution in [-0.4, -0.2) is 56.5 Å². The zero-order valence-corrected chi connectivity index (χ0v) is 10.4. The van der Waals surface area contributed by atoms with Crippen LogP contribution in [-0.2, 0) is 9.59 Å². The Morgan fingerprint density at radius 3 is 2.47 bits per heavy atom. The van der Waals surface area contributed by atoms with Crippen molar-refractivity contribution in [1.82, 2.24) is 15.5 Å². The molecule has 0 radical (unpaired) electrons. The maximum atomic E-state index is 11.4. The molecule has 0 aromatic rings. The molecule has 0 aliphatic carbocycles. The second-order valence-corrected chi connectivity index (χ2v) is 4.53. The predicted octanol–water partition coefficient (Wildman–Crippen LogP) is -1.48. The van der Waals surface area contributed by atoms with Crippen molar-refractivity contribution in [2.24, 2.45) is 11.7 Å². The number of hydrogen-bond acceptors (Lipinski definition) is 4. The van der Waals surface area contributed by atoms with E-state index < -0.39 is 0 Å². The van der Waals surface area contributed by atoms with Gasteiger partial charge in [-0.1, -0.05) is 0 Å². The Kier molecular flexibility index (Phi) is 5.93. The molecule has 1 aliphatic rings. The minimum Gasteiger partial charge on any atom is -0.354 e. The molecular weight excluding hydrogens is 220 g/mol. The van der Waals surface area contributed by atoms with Crippen LogP contribution in [0.25, 0.3) is 0 Å². The highest BCUT2D eigenvalue weighted by molar-refractivity contribution is 5.85. The number of hydrogen-bond donors (Lipinski definition) is 3.